The summed E-state index contributed by atoms with van der Waals surface area (Å²) in [6.45, 7) is 3.83. The van der Waals surface area contributed by atoms with Crippen molar-refractivity contribution in [3.8, 4) is 0 Å². The van der Waals surface area contributed by atoms with Crippen molar-refractivity contribution in [3.63, 3.8) is 0 Å². The van der Waals surface area contributed by atoms with Gasteiger partial charge in [0.05, 0.1) is 25.4 Å². The lowest BCUT2D eigenvalue weighted by molar-refractivity contribution is -0.302. The lowest BCUT2D eigenvalue weighted by atomic mass is 9.99. The predicted molar refractivity (Wildman–Crippen MR) is 203 cm³/mol. The minimum Gasteiger partial charge on any atom is -0.394 e. The molecule has 7 atom stereocenters. The molecule has 298 valence electrons. The zero-order valence-electron chi connectivity index (χ0n) is 32.4. The minimum atomic E-state index is -1.55. The van der Waals surface area contributed by atoms with Crippen LogP contribution in [0.15, 0.2) is 0 Å². The monoisotopic (exact) mass is 716 g/mol. The molecule has 1 aliphatic heterocycles. The highest BCUT2D eigenvalue weighted by molar-refractivity contribution is 5.76. The quantitative estimate of drug-likeness (QED) is 0.0362. The van der Waals surface area contributed by atoms with Crippen molar-refractivity contribution in [1.29, 1.82) is 0 Å². The van der Waals surface area contributed by atoms with Gasteiger partial charge in [-0.05, 0) is 12.8 Å². The number of hydrogen-bond acceptors (Lipinski definition) is 8. The van der Waals surface area contributed by atoms with E-state index in [9.17, 15) is 30.3 Å². The second kappa shape index (κ2) is 32.8. The molecule has 1 amide bonds. The number of aliphatic hydroxyl groups is 5. The molecule has 9 nitrogen and oxygen atoms in total. The van der Waals surface area contributed by atoms with E-state index in [0.29, 0.717) is 12.8 Å². The van der Waals surface area contributed by atoms with Crippen molar-refractivity contribution in [2.75, 3.05) is 13.2 Å². The highest BCUT2D eigenvalue weighted by Crippen LogP contribution is 2.23. The molecule has 0 aromatic heterocycles. The molecule has 1 rings (SSSR count). The molecule has 1 heterocycles. The van der Waals surface area contributed by atoms with Crippen molar-refractivity contribution in [3.05, 3.63) is 0 Å². The largest absolute Gasteiger partial charge is 0.394 e. The standard InChI is InChI=1S/C41H81NO8/c1-3-5-7-9-11-13-15-17-18-19-21-23-25-27-29-31-37(45)42-34(33-49-41-40(48)39(47)38(46)36(32-43)50-41)35(44)30-28-26-24-22-20-16-14-12-10-8-6-4-2/h34-36,38-41,43-44,46-48H,3-33H2,1-2H3,(H,42,45)/t34-,35+,36+,38+,39?,40?,41+/m0/s1. The zero-order chi connectivity index (χ0) is 36.7. The first-order valence-corrected chi connectivity index (χ1v) is 21.2. The van der Waals surface area contributed by atoms with E-state index in [1.54, 1.807) is 0 Å². The average Bonchev–Trinajstić information content (AvgIpc) is 3.11. The van der Waals surface area contributed by atoms with Gasteiger partial charge in [0.25, 0.3) is 0 Å². The van der Waals surface area contributed by atoms with Gasteiger partial charge < -0.3 is 40.3 Å². The molecule has 50 heavy (non-hydrogen) atoms. The second-order valence-electron chi connectivity index (χ2n) is 15.1. The van der Waals surface area contributed by atoms with E-state index in [4.69, 9.17) is 9.47 Å². The lowest BCUT2D eigenvalue weighted by Crippen LogP contribution is -2.60. The molecule has 0 aromatic carbocycles. The number of hydrogen-bond donors (Lipinski definition) is 6. The topological polar surface area (TPSA) is 149 Å². The van der Waals surface area contributed by atoms with Gasteiger partial charge in [0, 0.05) is 6.42 Å². The molecule has 6 N–H and O–H groups in total. The summed E-state index contributed by atoms with van der Waals surface area (Å²) in [7, 11) is 0. The van der Waals surface area contributed by atoms with Crippen molar-refractivity contribution >= 4 is 5.91 Å². The van der Waals surface area contributed by atoms with E-state index in [1.807, 2.05) is 0 Å². The normalized spacial score (nSPS) is 22.1. The van der Waals surface area contributed by atoms with Crippen LogP contribution in [0.3, 0.4) is 0 Å². The van der Waals surface area contributed by atoms with E-state index < -0.39 is 49.5 Å². The summed E-state index contributed by atoms with van der Waals surface area (Å²) in [6, 6.07) is -0.709. The predicted octanol–water partition coefficient (Wildman–Crippen LogP) is 8.00. The molecule has 1 fully saturated rings. The Bertz CT molecular complexity index is 756. The number of nitrogens with one attached hydrogen (secondary N) is 1. The van der Waals surface area contributed by atoms with Crippen molar-refractivity contribution < 1.29 is 39.8 Å². The summed E-state index contributed by atoms with van der Waals surface area (Å²) < 4.78 is 11.2. The molecule has 9 heteroatoms. The fraction of sp³-hybridized carbons (Fsp3) is 0.976. The van der Waals surface area contributed by atoms with Gasteiger partial charge in [-0.1, -0.05) is 181 Å². The number of ether oxygens (including phenoxy) is 2. The summed E-state index contributed by atoms with van der Waals surface area (Å²) in [5.74, 6) is -0.143. The number of unbranched alkanes of at least 4 members (excludes halogenated alkanes) is 25. The van der Waals surface area contributed by atoms with Crippen LogP contribution in [0.1, 0.15) is 200 Å². The SMILES string of the molecule is CCCCCCCCCCCCCCCCCC(=O)N[C@@H](CO[C@@H]1O[C@H](CO)[C@@H](O)C(O)C1O)[C@H](O)CCCCCCCCCCCCCC. The highest BCUT2D eigenvalue weighted by atomic mass is 16.7. The van der Waals surface area contributed by atoms with E-state index in [2.05, 4.69) is 19.2 Å². The number of rotatable bonds is 35. The Morgan fingerprint density at radius 3 is 1.42 bits per heavy atom. The maximum absolute atomic E-state index is 12.9. The lowest BCUT2D eigenvalue weighted by Gasteiger charge is -2.40. The third-order valence-electron chi connectivity index (χ3n) is 10.5. The Labute approximate surface area is 306 Å². The first kappa shape index (κ1) is 47.2. The molecule has 1 saturated heterocycles. The van der Waals surface area contributed by atoms with Gasteiger partial charge >= 0.3 is 0 Å². The number of carbonyl (C=O) groups is 1. The summed E-state index contributed by atoms with van der Waals surface area (Å²) in [4.78, 5) is 12.9. The van der Waals surface area contributed by atoms with Crippen molar-refractivity contribution in [2.45, 2.75) is 243 Å². The zero-order valence-corrected chi connectivity index (χ0v) is 32.4. The Morgan fingerprint density at radius 1 is 0.600 bits per heavy atom. The van der Waals surface area contributed by atoms with Crippen LogP contribution in [0.5, 0.6) is 0 Å². The average molecular weight is 716 g/mol. The first-order chi connectivity index (χ1) is 24.3. The third-order valence-corrected chi connectivity index (χ3v) is 10.5. The molecule has 0 saturated carbocycles. The van der Waals surface area contributed by atoms with Crippen LogP contribution in [0.4, 0.5) is 0 Å². The summed E-state index contributed by atoms with van der Waals surface area (Å²) >= 11 is 0. The van der Waals surface area contributed by atoms with Gasteiger partial charge in [-0.15, -0.1) is 0 Å². The molecule has 2 unspecified atom stereocenters. The Kier molecular flexibility index (Phi) is 31.0. The van der Waals surface area contributed by atoms with Crippen molar-refractivity contribution in [2.24, 2.45) is 0 Å². The van der Waals surface area contributed by atoms with Gasteiger partial charge in [-0.3, -0.25) is 4.79 Å². The molecular formula is C41H81NO8. The number of aliphatic hydroxyl groups excluding tert-OH is 5. The van der Waals surface area contributed by atoms with Gasteiger partial charge in [0.2, 0.25) is 5.91 Å². The molecular weight excluding hydrogens is 634 g/mol. The molecule has 0 bridgehead atoms. The maximum Gasteiger partial charge on any atom is 0.220 e. The van der Waals surface area contributed by atoms with Gasteiger partial charge in [-0.2, -0.15) is 0 Å². The van der Waals surface area contributed by atoms with Crippen LogP contribution in [-0.4, -0.2) is 87.5 Å². The summed E-state index contributed by atoms with van der Waals surface area (Å²) in [5.41, 5.74) is 0. The molecule has 1 aliphatic rings. The molecule has 0 aliphatic carbocycles. The van der Waals surface area contributed by atoms with Crippen LogP contribution >= 0.6 is 0 Å². The van der Waals surface area contributed by atoms with Crippen LogP contribution in [-0.2, 0) is 14.3 Å². The summed E-state index contributed by atoms with van der Waals surface area (Å²) in [6.07, 6.45) is 26.7. The molecule has 0 radical (unpaired) electrons. The maximum atomic E-state index is 12.9. The van der Waals surface area contributed by atoms with E-state index in [1.165, 1.54) is 135 Å². The first-order valence-electron chi connectivity index (χ1n) is 21.2. The van der Waals surface area contributed by atoms with Crippen LogP contribution < -0.4 is 5.32 Å². The Hall–Kier alpha value is -0.810. The van der Waals surface area contributed by atoms with Crippen LogP contribution in [0.25, 0.3) is 0 Å². The highest BCUT2D eigenvalue weighted by Gasteiger charge is 2.44. The summed E-state index contributed by atoms with van der Waals surface area (Å²) in [5, 5.41) is 54.2. The fourth-order valence-electron chi connectivity index (χ4n) is 6.98. The van der Waals surface area contributed by atoms with Gasteiger partial charge in [-0.25, -0.2) is 0 Å². The molecule has 0 aromatic rings. The molecule has 0 spiro atoms. The van der Waals surface area contributed by atoms with Crippen molar-refractivity contribution in [1.82, 2.24) is 5.32 Å². The van der Waals surface area contributed by atoms with Crippen LogP contribution in [0.2, 0.25) is 0 Å². The Morgan fingerprint density at radius 2 is 1.00 bits per heavy atom. The number of amides is 1. The smallest absolute Gasteiger partial charge is 0.220 e. The Balaban J connectivity index is 2.36. The minimum absolute atomic E-state index is 0.132. The third kappa shape index (κ3) is 23.7. The second-order valence-corrected chi connectivity index (χ2v) is 15.1. The van der Waals surface area contributed by atoms with Gasteiger partial charge in [0.1, 0.15) is 24.4 Å². The van der Waals surface area contributed by atoms with Gasteiger partial charge in [0.15, 0.2) is 6.29 Å². The van der Waals surface area contributed by atoms with Crippen LogP contribution in [0, 0.1) is 0 Å². The van der Waals surface area contributed by atoms with E-state index >= 15 is 0 Å². The number of carbonyl (C=O) groups excluding carboxylic acids is 1. The van der Waals surface area contributed by atoms with E-state index in [0.717, 1.165) is 38.5 Å². The fourth-order valence-corrected chi connectivity index (χ4v) is 6.98. The van der Waals surface area contributed by atoms with E-state index in [-0.39, 0.29) is 12.5 Å².